The Balaban J connectivity index is 1.72. The van der Waals surface area contributed by atoms with E-state index < -0.39 is 10.0 Å². The predicted octanol–water partition coefficient (Wildman–Crippen LogP) is 0.564. The van der Waals surface area contributed by atoms with Crippen molar-refractivity contribution in [1.82, 2.24) is 24.5 Å². The monoisotopic (exact) mass is 336 g/mol. The Kier molecular flexibility index (Phi) is 4.58. The van der Waals surface area contributed by atoms with Crippen molar-refractivity contribution in [1.29, 1.82) is 0 Å². The molecule has 0 amide bonds. The van der Waals surface area contributed by atoms with Gasteiger partial charge in [-0.15, -0.1) is 0 Å². The summed E-state index contributed by atoms with van der Waals surface area (Å²) in [6, 6.07) is 3.84. The predicted molar refractivity (Wildman–Crippen MR) is 86.4 cm³/mol. The second-order valence-corrected chi connectivity index (χ2v) is 7.53. The van der Waals surface area contributed by atoms with E-state index in [1.165, 1.54) is 0 Å². The van der Waals surface area contributed by atoms with Crippen LogP contribution in [0.25, 0.3) is 0 Å². The molecule has 0 fully saturated rings. The first kappa shape index (κ1) is 15.9. The Morgan fingerprint density at radius 3 is 2.83 bits per heavy atom. The van der Waals surface area contributed by atoms with Crippen LogP contribution in [0.15, 0.2) is 30.7 Å². The third-order valence-electron chi connectivity index (χ3n) is 3.90. The van der Waals surface area contributed by atoms with Gasteiger partial charge in [-0.3, -0.25) is 4.68 Å². The zero-order valence-electron chi connectivity index (χ0n) is 13.0. The minimum absolute atomic E-state index is 0.0807. The van der Waals surface area contributed by atoms with Gasteiger partial charge in [0.15, 0.2) is 0 Å². The summed E-state index contributed by atoms with van der Waals surface area (Å²) >= 11 is 0. The zero-order valence-corrected chi connectivity index (χ0v) is 13.8. The zero-order chi connectivity index (χ0) is 16.3. The molecule has 1 atom stereocenters. The Bertz CT molecular complexity index is 746. The molecule has 1 aliphatic heterocycles. The first-order valence-corrected chi connectivity index (χ1v) is 9.26. The van der Waals surface area contributed by atoms with E-state index in [1.54, 1.807) is 31.6 Å². The second kappa shape index (κ2) is 6.63. The van der Waals surface area contributed by atoms with E-state index in [2.05, 4.69) is 24.7 Å². The van der Waals surface area contributed by atoms with Crippen LogP contribution in [0, 0.1) is 0 Å². The van der Waals surface area contributed by atoms with Crippen LogP contribution in [0.4, 0.5) is 5.95 Å². The lowest BCUT2D eigenvalue weighted by Gasteiger charge is -2.33. The number of nitrogens with zero attached hydrogens (tertiary/aromatic N) is 5. The summed E-state index contributed by atoms with van der Waals surface area (Å²) in [5, 5.41) is 4.37. The van der Waals surface area contributed by atoms with Crippen LogP contribution in [0.1, 0.15) is 25.1 Å². The molecule has 2 aromatic rings. The van der Waals surface area contributed by atoms with Crippen molar-refractivity contribution in [3.05, 3.63) is 36.4 Å². The van der Waals surface area contributed by atoms with Crippen molar-refractivity contribution in [2.24, 2.45) is 0 Å². The van der Waals surface area contributed by atoms with Crippen molar-refractivity contribution in [3.8, 4) is 0 Å². The first-order valence-electron chi connectivity index (χ1n) is 7.61. The summed E-state index contributed by atoms with van der Waals surface area (Å²) in [5.41, 5.74) is 1.08. The van der Waals surface area contributed by atoms with E-state index in [0.29, 0.717) is 32.0 Å². The summed E-state index contributed by atoms with van der Waals surface area (Å²) < 4.78 is 27.7. The van der Waals surface area contributed by atoms with Crippen molar-refractivity contribution >= 4 is 16.0 Å². The van der Waals surface area contributed by atoms with Gasteiger partial charge in [-0.2, -0.15) is 5.10 Å². The molecule has 2 aromatic heterocycles. The smallest absolute Gasteiger partial charge is 0.225 e. The normalized spacial score (nSPS) is 18.0. The molecule has 1 N–H and O–H groups in total. The maximum absolute atomic E-state index is 11.6. The van der Waals surface area contributed by atoms with Gasteiger partial charge in [-0.05, 0) is 25.5 Å². The minimum Gasteiger partial charge on any atom is -0.333 e. The van der Waals surface area contributed by atoms with Gasteiger partial charge in [0.2, 0.25) is 16.0 Å². The van der Waals surface area contributed by atoms with Gasteiger partial charge in [0, 0.05) is 31.7 Å². The van der Waals surface area contributed by atoms with E-state index in [4.69, 9.17) is 0 Å². The maximum atomic E-state index is 11.6. The summed E-state index contributed by atoms with van der Waals surface area (Å²) in [7, 11) is -3.17. The second-order valence-electron chi connectivity index (χ2n) is 5.44. The summed E-state index contributed by atoms with van der Waals surface area (Å²) in [4.78, 5) is 10.7. The summed E-state index contributed by atoms with van der Waals surface area (Å²) in [6.45, 7) is 3.42. The maximum Gasteiger partial charge on any atom is 0.225 e. The van der Waals surface area contributed by atoms with Crippen LogP contribution >= 0.6 is 0 Å². The van der Waals surface area contributed by atoms with Crippen molar-refractivity contribution in [3.63, 3.8) is 0 Å². The van der Waals surface area contributed by atoms with Gasteiger partial charge in [0.1, 0.15) is 0 Å². The van der Waals surface area contributed by atoms with Crippen LogP contribution in [-0.4, -0.2) is 47.0 Å². The highest BCUT2D eigenvalue weighted by Gasteiger charge is 2.26. The molecule has 8 nitrogen and oxygen atoms in total. The minimum atomic E-state index is -3.17. The van der Waals surface area contributed by atoms with Crippen molar-refractivity contribution < 1.29 is 8.42 Å². The molecule has 0 aliphatic carbocycles. The van der Waals surface area contributed by atoms with Gasteiger partial charge >= 0.3 is 0 Å². The molecule has 0 aromatic carbocycles. The van der Waals surface area contributed by atoms with Crippen molar-refractivity contribution in [2.45, 2.75) is 25.9 Å². The average molecular weight is 336 g/mol. The number of sulfonamides is 1. The first-order chi connectivity index (χ1) is 11.1. The number of hydrogen-bond donors (Lipinski definition) is 1. The molecule has 9 heteroatoms. The molecule has 0 saturated heterocycles. The molecular formula is C14H20N6O2S. The van der Waals surface area contributed by atoms with Gasteiger partial charge in [-0.25, -0.2) is 23.1 Å². The van der Waals surface area contributed by atoms with Crippen LogP contribution in [0.3, 0.4) is 0 Å². The van der Waals surface area contributed by atoms with E-state index >= 15 is 0 Å². The molecule has 0 radical (unpaired) electrons. The Hall–Kier alpha value is -2.00. The number of fused-ring (bicyclic) bond motifs is 1. The molecule has 23 heavy (non-hydrogen) atoms. The molecule has 124 valence electrons. The summed E-state index contributed by atoms with van der Waals surface area (Å²) in [5.74, 6) is 0.772. The van der Waals surface area contributed by atoms with Gasteiger partial charge in [0.25, 0.3) is 0 Å². The standard InChI is InChI=1S/C14H20N6O2S/c1-2-23(21,22)18-9-5-13-11-19(14-15-6-3-7-16-14)10-12-4-8-17-20(12)13/h3-4,6-8,13,18H,2,5,9-11H2,1H3. The number of anilines is 1. The van der Waals surface area contributed by atoms with Crippen LogP contribution in [-0.2, 0) is 16.6 Å². The Morgan fingerprint density at radius 1 is 1.30 bits per heavy atom. The Labute approximate surface area is 135 Å². The number of hydrogen-bond acceptors (Lipinski definition) is 6. The molecule has 3 heterocycles. The lowest BCUT2D eigenvalue weighted by atomic mass is 10.1. The third-order valence-corrected chi connectivity index (χ3v) is 5.30. The highest BCUT2D eigenvalue weighted by molar-refractivity contribution is 7.89. The third kappa shape index (κ3) is 3.67. The van der Waals surface area contributed by atoms with E-state index in [1.807, 2.05) is 10.7 Å². The van der Waals surface area contributed by atoms with Crippen LogP contribution < -0.4 is 9.62 Å². The molecular weight excluding hydrogens is 316 g/mol. The molecule has 0 spiro atoms. The number of nitrogens with one attached hydrogen (secondary N) is 1. The highest BCUT2D eigenvalue weighted by Crippen LogP contribution is 2.25. The average Bonchev–Trinajstić information content (AvgIpc) is 3.04. The fourth-order valence-corrected chi connectivity index (χ4v) is 3.32. The largest absolute Gasteiger partial charge is 0.333 e. The lowest BCUT2D eigenvalue weighted by molar-refractivity contribution is 0.374. The van der Waals surface area contributed by atoms with E-state index in [-0.39, 0.29) is 11.8 Å². The van der Waals surface area contributed by atoms with Crippen molar-refractivity contribution in [2.75, 3.05) is 23.7 Å². The van der Waals surface area contributed by atoms with Gasteiger partial charge in [0.05, 0.1) is 24.0 Å². The van der Waals surface area contributed by atoms with Crippen LogP contribution in [0.2, 0.25) is 0 Å². The highest BCUT2D eigenvalue weighted by atomic mass is 32.2. The molecule has 0 saturated carbocycles. The van der Waals surface area contributed by atoms with E-state index in [9.17, 15) is 8.42 Å². The molecule has 1 unspecified atom stereocenters. The topological polar surface area (TPSA) is 93.0 Å². The fraction of sp³-hybridized carbons (Fsp3) is 0.500. The fourth-order valence-electron chi connectivity index (χ4n) is 2.69. The van der Waals surface area contributed by atoms with Gasteiger partial charge in [-0.1, -0.05) is 0 Å². The van der Waals surface area contributed by atoms with Crippen LogP contribution in [0.5, 0.6) is 0 Å². The molecule has 1 aliphatic rings. The number of aromatic nitrogens is 4. The molecule has 3 rings (SSSR count). The Morgan fingerprint density at radius 2 is 2.09 bits per heavy atom. The summed E-state index contributed by atoms with van der Waals surface area (Å²) in [6.07, 6.45) is 5.88. The SMILES string of the molecule is CCS(=O)(=O)NCCC1CN(c2ncccn2)Cc2ccnn21. The quantitative estimate of drug-likeness (QED) is 0.829. The van der Waals surface area contributed by atoms with E-state index in [0.717, 1.165) is 5.69 Å². The molecule has 0 bridgehead atoms. The van der Waals surface area contributed by atoms with Gasteiger partial charge < -0.3 is 4.90 Å². The lowest BCUT2D eigenvalue weighted by Crippen LogP contribution is -2.40. The number of rotatable bonds is 6.